The van der Waals surface area contributed by atoms with Gasteiger partial charge in [0.2, 0.25) is 0 Å². The number of benzene rings is 2. The zero-order valence-electron chi connectivity index (χ0n) is 21.6. The first kappa shape index (κ1) is 26.6. The second-order valence-corrected chi connectivity index (χ2v) is 20.6. The molecule has 35 heavy (non-hydrogen) atoms. The first-order valence-electron chi connectivity index (χ1n) is 12.4. The summed E-state index contributed by atoms with van der Waals surface area (Å²) in [5, 5.41) is 0. The van der Waals surface area contributed by atoms with Crippen molar-refractivity contribution in [2.45, 2.75) is 90.1 Å². The van der Waals surface area contributed by atoms with Gasteiger partial charge in [-0.05, 0) is 0 Å². The van der Waals surface area contributed by atoms with E-state index in [0.717, 1.165) is 47.9 Å². The summed E-state index contributed by atoms with van der Waals surface area (Å²) in [6.07, 6.45) is 8.20. The Labute approximate surface area is 221 Å². The molecule has 1 aliphatic heterocycles. The van der Waals surface area contributed by atoms with Gasteiger partial charge >= 0.3 is 222 Å². The van der Waals surface area contributed by atoms with E-state index in [1.807, 2.05) is 36.7 Å². The molecule has 0 aromatic heterocycles. The van der Waals surface area contributed by atoms with E-state index in [2.05, 4.69) is 53.7 Å². The molecule has 4 nitrogen and oxygen atoms in total. The molecule has 0 radical (unpaired) electrons. The van der Waals surface area contributed by atoms with Gasteiger partial charge in [0, 0.05) is 0 Å². The first-order valence-corrected chi connectivity index (χ1v) is 19.7. The molecule has 0 saturated heterocycles. The maximum atomic E-state index is 6.95. The van der Waals surface area contributed by atoms with Gasteiger partial charge in [0.05, 0.1) is 0 Å². The van der Waals surface area contributed by atoms with Gasteiger partial charge in [-0.15, -0.1) is 0 Å². The fraction of sp³-hybridized carbons (Fsp3) is 0.500. The third kappa shape index (κ3) is 6.26. The van der Waals surface area contributed by atoms with Gasteiger partial charge in [-0.1, -0.05) is 0 Å². The van der Waals surface area contributed by atoms with E-state index >= 15 is 0 Å². The summed E-state index contributed by atoms with van der Waals surface area (Å²) in [5.74, 6) is 1.33. The first-order chi connectivity index (χ1) is 16.4. The van der Waals surface area contributed by atoms with Crippen LogP contribution < -0.4 is 7.53 Å². The van der Waals surface area contributed by atoms with Crippen molar-refractivity contribution < 1.29 is 7.53 Å². The van der Waals surface area contributed by atoms with Crippen LogP contribution in [-0.2, 0) is 10.8 Å². The minimum absolute atomic E-state index is 0.125. The summed E-state index contributed by atoms with van der Waals surface area (Å²) in [5.41, 5.74) is 3.44. The molecule has 2 aromatic carbocycles. The SMILES string of the molecule is CC(C)(C)c1cccc2c1[O][Ge]([Cl])([Cl])[O]c1c(cccc1C(C)(C)C)C=N[C@@H]1CCCC[C@H]1N=C2. The molecule has 1 aliphatic carbocycles. The molecule has 0 bridgehead atoms. The molecule has 2 atom stereocenters. The van der Waals surface area contributed by atoms with E-state index < -0.39 is 12.1 Å². The molecule has 188 valence electrons. The van der Waals surface area contributed by atoms with Gasteiger partial charge in [0.1, 0.15) is 0 Å². The standard InChI is InChI=1S/C28H36Cl2GeN2O2/c1-27(2,3)21-13-9-11-19-17-32-23-15-7-8-16-24(23)33-18-20-12-10-14-22(28(4,5)6)26(20)35-31(29,30)34-25(19)21/h9-14,17-18,23-24H,7-8,15-16H2,1-6H3/t23-,24-/m1/s1. The van der Waals surface area contributed by atoms with Crippen LogP contribution in [0.15, 0.2) is 46.4 Å². The van der Waals surface area contributed by atoms with E-state index in [1.165, 1.54) is 0 Å². The van der Waals surface area contributed by atoms with Gasteiger partial charge < -0.3 is 0 Å². The molecule has 4 rings (SSSR count). The van der Waals surface area contributed by atoms with Gasteiger partial charge in [-0.25, -0.2) is 0 Å². The maximum absolute atomic E-state index is 6.95. The van der Waals surface area contributed by atoms with Crippen LogP contribution in [-0.4, -0.2) is 36.6 Å². The molecular weight excluding hydrogens is 540 g/mol. The molecule has 0 N–H and O–H groups in total. The predicted molar refractivity (Wildman–Crippen MR) is 150 cm³/mol. The van der Waals surface area contributed by atoms with Crippen LogP contribution >= 0.6 is 20.0 Å². The van der Waals surface area contributed by atoms with Crippen molar-refractivity contribution in [3.63, 3.8) is 0 Å². The average Bonchev–Trinajstić information content (AvgIpc) is 2.76. The summed E-state index contributed by atoms with van der Waals surface area (Å²) in [6.45, 7) is 12.9. The quantitative estimate of drug-likeness (QED) is 0.301. The summed E-state index contributed by atoms with van der Waals surface area (Å²) in [6, 6.07) is 12.5. The van der Waals surface area contributed by atoms with Gasteiger partial charge in [-0.3, -0.25) is 0 Å². The van der Waals surface area contributed by atoms with E-state index in [-0.39, 0.29) is 22.9 Å². The van der Waals surface area contributed by atoms with E-state index in [9.17, 15) is 0 Å². The fourth-order valence-electron chi connectivity index (χ4n) is 4.77. The zero-order chi connectivity index (χ0) is 25.4. The molecule has 1 saturated carbocycles. The summed E-state index contributed by atoms with van der Waals surface area (Å²) >= 11 is -4.34. The minimum atomic E-state index is -4.34. The van der Waals surface area contributed by atoms with Gasteiger partial charge in [-0.2, -0.15) is 0 Å². The summed E-state index contributed by atoms with van der Waals surface area (Å²) < 4.78 is 13.0. The third-order valence-corrected chi connectivity index (χ3v) is 10.1. The predicted octanol–water partition coefficient (Wildman–Crippen LogP) is 7.82. The molecular formula is C28H36Cl2GeN2O2. The van der Waals surface area contributed by atoms with Crippen molar-refractivity contribution >= 4 is 44.5 Å². The Balaban J connectivity index is 1.93. The molecule has 1 fully saturated rings. The monoisotopic (exact) mass is 576 g/mol. The normalized spacial score (nSPS) is 22.3. The molecule has 0 amide bonds. The van der Waals surface area contributed by atoms with Crippen molar-refractivity contribution in [1.29, 1.82) is 0 Å². The molecule has 7 heteroatoms. The zero-order valence-corrected chi connectivity index (χ0v) is 25.2. The van der Waals surface area contributed by atoms with Crippen LogP contribution in [0.3, 0.4) is 0 Å². The molecule has 1 heterocycles. The van der Waals surface area contributed by atoms with Crippen LogP contribution in [0.1, 0.15) is 89.5 Å². The van der Waals surface area contributed by atoms with Crippen molar-refractivity contribution in [2.75, 3.05) is 0 Å². The van der Waals surface area contributed by atoms with Crippen molar-refractivity contribution in [3.8, 4) is 11.5 Å². The summed E-state index contributed by atoms with van der Waals surface area (Å²) in [4.78, 5) is 10.0. The second-order valence-electron chi connectivity index (χ2n) is 11.6. The number of hydrogen-bond acceptors (Lipinski definition) is 4. The molecule has 2 aromatic rings. The number of para-hydroxylation sites is 2. The fourth-order valence-corrected chi connectivity index (χ4v) is 8.42. The number of halogens is 2. The molecule has 0 spiro atoms. The van der Waals surface area contributed by atoms with Crippen molar-refractivity contribution in [2.24, 2.45) is 9.98 Å². The van der Waals surface area contributed by atoms with Crippen LogP contribution in [0.2, 0.25) is 0 Å². The van der Waals surface area contributed by atoms with Gasteiger partial charge in [0.25, 0.3) is 0 Å². The Kier molecular flexibility index (Phi) is 7.67. The Bertz CT molecular complexity index is 1050. The number of nitrogens with zero attached hydrogens (tertiary/aromatic N) is 2. The Morgan fingerprint density at radius 2 is 1.11 bits per heavy atom. The average molecular weight is 576 g/mol. The third-order valence-electron chi connectivity index (χ3n) is 6.65. The van der Waals surface area contributed by atoms with Crippen molar-refractivity contribution in [1.82, 2.24) is 0 Å². The molecule has 2 aliphatic rings. The number of hydrogen-bond donors (Lipinski definition) is 0. The van der Waals surface area contributed by atoms with Crippen LogP contribution in [0, 0.1) is 0 Å². The van der Waals surface area contributed by atoms with E-state index in [1.54, 1.807) is 0 Å². The number of fused-ring (bicyclic) bond motifs is 3. The molecule has 0 unspecified atom stereocenters. The van der Waals surface area contributed by atoms with Crippen LogP contribution in [0.25, 0.3) is 0 Å². The Morgan fingerprint density at radius 1 is 0.714 bits per heavy atom. The topological polar surface area (TPSA) is 43.2 Å². The number of rotatable bonds is 0. The Morgan fingerprint density at radius 3 is 1.49 bits per heavy atom. The van der Waals surface area contributed by atoms with E-state index in [0.29, 0.717) is 11.5 Å². The van der Waals surface area contributed by atoms with Crippen LogP contribution in [0.4, 0.5) is 0 Å². The van der Waals surface area contributed by atoms with E-state index in [4.69, 9.17) is 37.5 Å². The van der Waals surface area contributed by atoms with Gasteiger partial charge in [0.15, 0.2) is 0 Å². The summed E-state index contributed by atoms with van der Waals surface area (Å²) in [7, 11) is 13.9. The number of aliphatic imine (C=N–C) groups is 2. The second kappa shape index (κ2) is 10.1. The van der Waals surface area contributed by atoms with Crippen molar-refractivity contribution in [3.05, 3.63) is 58.7 Å². The Hall–Kier alpha value is -1.50. The van der Waals surface area contributed by atoms with Crippen LogP contribution in [0.5, 0.6) is 11.5 Å².